The van der Waals surface area contributed by atoms with Crippen molar-refractivity contribution in [3.8, 4) is 0 Å². The SMILES string of the molecule is c1ccc(C(c2ccccc2)(c2ccccc2)c2ncc3ccccc3n2)cc1. The molecular formula is C27H20N2. The van der Waals surface area contributed by atoms with E-state index in [0.29, 0.717) is 0 Å². The molecular weight excluding hydrogens is 352 g/mol. The summed E-state index contributed by atoms with van der Waals surface area (Å²) >= 11 is 0. The smallest absolute Gasteiger partial charge is 0.148 e. The molecule has 0 aliphatic rings. The molecule has 1 heterocycles. The largest absolute Gasteiger partial charge is 0.239 e. The fraction of sp³-hybridized carbons (Fsp3) is 0.0370. The third-order valence-electron chi connectivity index (χ3n) is 5.44. The number of para-hydroxylation sites is 1. The fourth-order valence-electron chi connectivity index (χ4n) is 4.10. The van der Waals surface area contributed by atoms with E-state index in [2.05, 4.69) is 72.8 Å². The maximum absolute atomic E-state index is 5.07. The van der Waals surface area contributed by atoms with Crippen molar-refractivity contribution in [2.75, 3.05) is 0 Å². The van der Waals surface area contributed by atoms with Crippen LogP contribution in [0.2, 0.25) is 0 Å². The van der Waals surface area contributed by atoms with Crippen LogP contribution in [0.5, 0.6) is 0 Å². The van der Waals surface area contributed by atoms with E-state index >= 15 is 0 Å². The van der Waals surface area contributed by atoms with Crippen LogP contribution in [0.4, 0.5) is 0 Å². The first kappa shape index (κ1) is 17.3. The van der Waals surface area contributed by atoms with E-state index in [1.165, 1.54) is 0 Å². The molecule has 2 nitrogen and oxygen atoms in total. The number of rotatable bonds is 4. The first-order chi connectivity index (χ1) is 14.4. The summed E-state index contributed by atoms with van der Waals surface area (Å²) in [4.78, 5) is 9.96. The van der Waals surface area contributed by atoms with Crippen molar-refractivity contribution in [3.63, 3.8) is 0 Å². The van der Waals surface area contributed by atoms with Crippen molar-refractivity contribution in [1.82, 2.24) is 9.97 Å². The van der Waals surface area contributed by atoms with Gasteiger partial charge in [-0.1, -0.05) is 109 Å². The van der Waals surface area contributed by atoms with Gasteiger partial charge in [-0.3, -0.25) is 0 Å². The molecule has 0 aliphatic heterocycles. The Labute approximate surface area is 170 Å². The lowest BCUT2D eigenvalue weighted by Gasteiger charge is -2.34. The van der Waals surface area contributed by atoms with Crippen LogP contribution in [0.25, 0.3) is 10.9 Å². The van der Waals surface area contributed by atoms with E-state index in [0.717, 1.165) is 33.4 Å². The molecule has 0 spiro atoms. The average molecular weight is 372 g/mol. The van der Waals surface area contributed by atoms with E-state index in [-0.39, 0.29) is 0 Å². The number of hydrogen-bond acceptors (Lipinski definition) is 2. The zero-order valence-corrected chi connectivity index (χ0v) is 15.9. The summed E-state index contributed by atoms with van der Waals surface area (Å²) in [7, 11) is 0. The van der Waals surface area contributed by atoms with Gasteiger partial charge in [0.05, 0.1) is 5.52 Å². The highest BCUT2D eigenvalue weighted by atomic mass is 14.9. The van der Waals surface area contributed by atoms with Crippen molar-refractivity contribution in [3.05, 3.63) is 144 Å². The Balaban J connectivity index is 1.92. The van der Waals surface area contributed by atoms with Gasteiger partial charge in [0.1, 0.15) is 11.2 Å². The minimum absolute atomic E-state index is 0.603. The van der Waals surface area contributed by atoms with Gasteiger partial charge in [-0.25, -0.2) is 9.97 Å². The number of nitrogens with zero attached hydrogens (tertiary/aromatic N) is 2. The molecule has 29 heavy (non-hydrogen) atoms. The second-order valence-corrected chi connectivity index (χ2v) is 7.10. The van der Waals surface area contributed by atoms with Crippen LogP contribution in [-0.4, -0.2) is 9.97 Å². The maximum Gasteiger partial charge on any atom is 0.148 e. The van der Waals surface area contributed by atoms with Gasteiger partial charge in [-0.15, -0.1) is 0 Å². The lowest BCUT2D eigenvalue weighted by Crippen LogP contribution is -2.33. The van der Waals surface area contributed by atoms with E-state index < -0.39 is 5.41 Å². The molecule has 138 valence electrons. The Kier molecular flexibility index (Phi) is 4.38. The Hall–Kier alpha value is -3.78. The van der Waals surface area contributed by atoms with Crippen molar-refractivity contribution in [2.45, 2.75) is 5.41 Å². The normalized spacial score (nSPS) is 11.4. The molecule has 0 N–H and O–H groups in total. The monoisotopic (exact) mass is 372 g/mol. The minimum atomic E-state index is -0.603. The van der Waals surface area contributed by atoms with Crippen molar-refractivity contribution >= 4 is 10.9 Å². The molecule has 5 aromatic rings. The summed E-state index contributed by atoms with van der Waals surface area (Å²) in [6, 6.07) is 39.8. The Bertz CT molecular complexity index is 1140. The standard InChI is InChI=1S/C27H20N2/c1-4-13-22(14-5-1)27(23-15-6-2-7-16-23,24-17-8-3-9-18-24)26-28-20-21-12-10-11-19-25(21)29-26/h1-20H. The third kappa shape index (κ3) is 2.90. The first-order valence-electron chi connectivity index (χ1n) is 9.78. The Morgan fingerprint density at radius 3 is 1.45 bits per heavy atom. The van der Waals surface area contributed by atoms with E-state index in [4.69, 9.17) is 9.97 Å². The predicted octanol–water partition coefficient (Wildman–Crippen LogP) is 6.01. The molecule has 0 radical (unpaired) electrons. The van der Waals surface area contributed by atoms with Gasteiger partial charge in [0.15, 0.2) is 0 Å². The summed E-state index contributed by atoms with van der Waals surface area (Å²) in [5.74, 6) is 0.778. The number of hydrogen-bond donors (Lipinski definition) is 0. The molecule has 0 aliphatic carbocycles. The summed E-state index contributed by atoms with van der Waals surface area (Å²) in [6.07, 6.45) is 1.93. The van der Waals surface area contributed by atoms with Gasteiger partial charge in [-0.05, 0) is 22.8 Å². The van der Waals surface area contributed by atoms with Gasteiger partial charge in [0.25, 0.3) is 0 Å². The highest BCUT2D eigenvalue weighted by Gasteiger charge is 2.41. The second kappa shape index (κ2) is 7.33. The van der Waals surface area contributed by atoms with Gasteiger partial charge in [-0.2, -0.15) is 0 Å². The molecule has 0 bridgehead atoms. The molecule has 0 unspecified atom stereocenters. The van der Waals surface area contributed by atoms with Crippen LogP contribution in [0.15, 0.2) is 121 Å². The molecule has 0 atom stereocenters. The molecule has 0 fully saturated rings. The van der Waals surface area contributed by atoms with Crippen molar-refractivity contribution in [1.29, 1.82) is 0 Å². The summed E-state index contributed by atoms with van der Waals surface area (Å²) in [5, 5.41) is 1.04. The second-order valence-electron chi connectivity index (χ2n) is 7.10. The number of aromatic nitrogens is 2. The Morgan fingerprint density at radius 1 is 0.483 bits per heavy atom. The van der Waals surface area contributed by atoms with E-state index in [1.54, 1.807) is 0 Å². The topological polar surface area (TPSA) is 25.8 Å². The van der Waals surface area contributed by atoms with Crippen LogP contribution >= 0.6 is 0 Å². The Morgan fingerprint density at radius 2 is 0.931 bits per heavy atom. The van der Waals surface area contributed by atoms with Gasteiger partial charge < -0.3 is 0 Å². The first-order valence-corrected chi connectivity index (χ1v) is 9.78. The maximum atomic E-state index is 5.07. The van der Waals surface area contributed by atoms with Crippen molar-refractivity contribution < 1.29 is 0 Å². The molecule has 1 aromatic heterocycles. The third-order valence-corrected chi connectivity index (χ3v) is 5.44. The highest BCUT2D eigenvalue weighted by Crippen LogP contribution is 2.43. The van der Waals surface area contributed by atoms with E-state index in [1.807, 2.05) is 48.7 Å². The molecule has 2 heteroatoms. The van der Waals surface area contributed by atoms with Crippen LogP contribution in [0.1, 0.15) is 22.5 Å². The molecule has 5 rings (SSSR count). The number of benzene rings is 4. The zero-order chi connectivity index (χ0) is 19.5. The molecule has 4 aromatic carbocycles. The van der Waals surface area contributed by atoms with Crippen LogP contribution in [-0.2, 0) is 5.41 Å². The van der Waals surface area contributed by atoms with Crippen LogP contribution in [0, 0.1) is 0 Å². The minimum Gasteiger partial charge on any atom is -0.239 e. The van der Waals surface area contributed by atoms with Crippen LogP contribution in [0.3, 0.4) is 0 Å². The van der Waals surface area contributed by atoms with Gasteiger partial charge in [0.2, 0.25) is 0 Å². The predicted molar refractivity (Wildman–Crippen MR) is 118 cm³/mol. The summed E-state index contributed by atoms with van der Waals surface area (Å²) < 4.78 is 0. The molecule has 0 saturated heterocycles. The van der Waals surface area contributed by atoms with Gasteiger partial charge >= 0.3 is 0 Å². The average Bonchev–Trinajstić information content (AvgIpc) is 2.82. The molecule has 0 saturated carbocycles. The quantitative estimate of drug-likeness (QED) is 0.361. The molecule has 0 amide bonds. The number of fused-ring (bicyclic) bond motifs is 1. The zero-order valence-electron chi connectivity index (χ0n) is 15.9. The highest BCUT2D eigenvalue weighted by molar-refractivity contribution is 5.78. The summed E-state index contributed by atoms with van der Waals surface area (Å²) in [5.41, 5.74) is 3.78. The van der Waals surface area contributed by atoms with Gasteiger partial charge in [0, 0.05) is 11.6 Å². The summed E-state index contributed by atoms with van der Waals surface area (Å²) in [6.45, 7) is 0. The lowest BCUT2D eigenvalue weighted by atomic mass is 9.68. The lowest BCUT2D eigenvalue weighted by molar-refractivity contribution is 0.685. The van der Waals surface area contributed by atoms with Crippen molar-refractivity contribution in [2.24, 2.45) is 0 Å². The van der Waals surface area contributed by atoms with E-state index in [9.17, 15) is 0 Å². The fourth-order valence-corrected chi connectivity index (χ4v) is 4.10. The van der Waals surface area contributed by atoms with Crippen LogP contribution < -0.4 is 0 Å².